The summed E-state index contributed by atoms with van der Waals surface area (Å²) in [6, 6.07) is 7.12. The Bertz CT molecular complexity index is 641. The highest BCUT2D eigenvalue weighted by molar-refractivity contribution is 7.99. The molecule has 0 unspecified atom stereocenters. The number of nitrogens with one attached hydrogen (secondary N) is 1. The third-order valence-electron chi connectivity index (χ3n) is 2.54. The van der Waals surface area contributed by atoms with Crippen LogP contribution in [-0.4, -0.2) is 33.1 Å². The molecule has 1 aromatic heterocycles. The van der Waals surface area contributed by atoms with E-state index >= 15 is 0 Å². The Balaban J connectivity index is 2.05. The molecule has 0 fully saturated rings. The van der Waals surface area contributed by atoms with Crippen LogP contribution in [0.1, 0.15) is 0 Å². The minimum absolute atomic E-state index is 0.115. The molecule has 1 amide bonds. The van der Waals surface area contributed by atoms with Crippen molar-refractivity contribution in [2.45, 2.75) is 5.16 Å². The SMILES string of the molecule is C=CCNC(=O)CSc1nnc(-c2ccc(Cl)cc2)n1N. The second-order valence-corrected chi connectivity index (χ2v) is 5.44. The number of carbonyl (C=O) groups is 1. The van der Waals surface area contributed by atoms with Crippen molar-refractivity contribution in [2.75, 3.05) is 18.1 Å². The van der Waals surface area contributed by atoms with Gasteiger partial charge in [-0.25, -0.2) is 4.68 Å². The summed E-state index contributed by atoms with van der Waals surface area (Å²) in [6.45, 7) is 3.97. The van der Waals surface area contributed by atoms with E-state index in [9.17, 15) is 4.79 Å². The molecule has 8 heteroatoms. The first kappa shape index (κ1) is 15.4. The van der Waals surface area contributed by atoms with Crippen molar-refractivity contribution < 1.29 is 4.79 Å². The zero-order valence-electron chi connectivity index (χ0n) is 11.1. The van der Waals surface area contributed by atoms with Crippen LogP contribution in [-0.2, 0) is 4.79 Å². The van der Waals surface area contributed by atoms with Gasteiger partial charge in [-0.2, -0.15) is 0 Å². The van der Waals surface area contributed by atoms with Gasteiger partial charge in [0.1, 0.15) is 0 Å². The highest BCUT2D eigenvalue weighted by Gasteiger charge is 2.13. The van der Waals surface area contributed by atoms with E-state index in [1.54, 1.807) is 30.3 Å². The van der Waals surface area contributed by atoms with Crippen LogP contribution in [0.15, 0.2) is 42.1 Å². The number of thioether (sulfide) groups is 1. The van der Waals surface area contributed by atoms with Crippen molar-refractivity contribution >= 4 is 29.3 Å². The van der Waals surface area contributed by atoms with Crippen molar-refractivity contribution in [1.82, 2.24) is 20.2 Å². The molecule has 2 aromatic rings. The Hall–Kier alpha value is -1.99. The number of nitrogens with two attached hydrogens (primary N) is 1. The van der Waals surface area contributed by atoms with E-state index < -0.39 is 0 Å². The predicted molar refractivity (Wildman–Crippen MR) is 84.5 cm³/mol. The summed E-state index contributed by atoms with van der Waals surface area (Å²) >= 11 is 7.06. The molecule has 0 radical (unpaired) electrons. The Morgan fingerprint density at radius 2 is 2.14 bits per heavy atom. The van der Waals surface area contributed by atoms with Crippen molar-refractivity contribution in [3.8, 4) is 11.4 Å². The summed E-state index contributed by atoms with van der Waals surface area (Å²) < 4.78 is 1.36. The lowest BCUT2D eigenvalue weighted by Crippen LogP contribution is -2.25. The lowest BCUT2D eigenvalue weighted by molar-refractivity contribution is -0.118. The first-order valence-corrected chi connectivity index (χ1v) is 7.45. The average molecular weight is 324 g/mol. The molecule has 110 valence electrons. The molecule has 0 saturated carbocycles. The normalized spacial score (nSPS) is 10.3. The lowest BCUT2D eigenvalue weighted by atomic mass is 10.2. The van der Waals surface area contributed by atoms with Gasteiger partial charge in [-0.3, -0.25) is 4.79 Å². The summed E-state index contributed by atoms with van der Waals surface area (Å²) in [5.41, 5.74) is 0.803. The van der Waals surface area contributed by atoms with Gasteiger partial charge < -0.3 is 11.2 Å². The minimum atomic E-state index is -0.115. The average Bonchev–Trinajstić information content (AvgIpc) is 2.85. The smallest absolute Gasteiger partial charge is 0.230 e. The van der Waals surface area contributed by atoms with E-state index in [1.165, 1.54) is 16.4 Å². The maximum atomic E-state index is 11.5. The largest absolute Gasteiger partial charge is 0.352 e. The van der Waals surface area contributed by atoms with E-state index in [0.717, 1.165) is 5.56 Å². The number of nitrogen functional groups attached to an aromatic ring is 1. The van der Waals surface area contributed by atoms with Crippen LogP contribution in [0.5, 0.6) is 0 Å². The Labute approximate surface area is 131 Å². The summed E-state index contributed by atoms with van der Waals surface area (Å²) in [5, 5.41) is 11.8. The molecule has 0 aliphatic carbocycles. The number of hydrogen-bond donors (Lipinski definition) is 2. The predicted octanol–water partition coefficient (Wildman–Crippen LogP) is 1.71. The number of amides is 1. The zero-order valence-corrected chi connectivity index (χ0v) is 12.7. The van der Waals surface area contributed by atoms with E-state index in [4.69, 9.17) is 17.4 Å². The van der Waals surface area contributed by atoms with E-state index in [0.29, 0.717) is 22.5 Å². The maximum absolute atomic E-state index is 11.5. The molecule has 0 aliphatic rings. The number of halogens is 1. The molecule has 1 heterocycles. The third kappa shape index (κ3) is 3.99. The second kappa shape index (κ2) is 7.14. The monoisotopic (exact) mass is 323 g/mol. The van der Waals surface area contributed by atoms with Crippen LogP contribution in [0.2, 0.25) is 5.02 Å². The Morgan fingerprint density at radius 1 is 1.43 bits per heavy atom. The number of nitrogens with zero attached hydrogens (tertiary/aromatic N) is 3. The number of rotatable bonds is 6. The van der Waals surface area contributed by atoms with E-state index in [1.807, 2.05) is 0 Å². The van der Waals surface area contributed by atoms with Crippen LogP contribution < -0.4 is 11.2 Å². The van der Waals surface area contributed by atoms with Crippen molar-refractivity contribution in [3.63, 3.8) is 0 Å². The van der Waals surface area contributed by atoms with Crippen LogP contribution in [0.4, 0.5) is 0 Å². The first-order chi connectivity index (χ1) is 10.1. The van der Waals surface area contributed by atoms with Gasteiger partial charge in [-0.1, -0.05) is 29.4 Å². The van der Waals surface area contributed by atoms with Gasteiger partial charge >= 0.3 is 0 Å². The standard InChI is InChI=1S/C13H14ClN5OS/c1-2-7-16-11(20)8-21-13-18-17-12(19(13)15)9-3-5-10(14)6-4-9/h2-6H,1,7-8,15H2,(H,16,20). The van der Waals surface area contributed by atoms with Crippen molar-refractivity contribution in [3.05, 3.63) is 41.9 Å². The van der Waals surface area contributed by atoms with Crippen LogP contribution in [0.3, 0.4) is 0 Å². The number of hydrogen-bond acceptors (Lipinski definition) is 5. The fourth-order valence-corrected chi connectivity index (χ4v) is 2.35. The second-order valence-electron chi connectivity index (χ2n) is 4.06. The molecule has 0 spiro atoms. The van der Waals surface area contributed by atoms with Gasteiger partial charge in [-0.05, 0) is 24.3 Å². The maximum Gasteiger partial charge on any atom is 0.230 e. The highest BCUT2D eigenvalue weighted by Crippen LogP contribution is 2.22. The molecule has 0 aliphatic heterocycles. The molecule has 0 bridgehead atoms. The third-order valence-corrected chi connectivity index (χ3v) is 3.74. The Morgan fingerprint density at radius 3 is 2.81 bits per heavy atom. The fraction of sp³-hybridized carbons (Fsp3) is 0.154. The van der Waals surface area contributed by atoms with Gasteiger partial charge in [0.25, 0.3) is 0 Å². The van der Waals surface area contributed by atoms with Crippen LogP contribution >= 0.6 is 23.4 Å². The summed E-state index contributed by atoms with van der Waals surface area (Å²) in [4.78, 5) is 11.5. The zero-order chi connectivity index (χ0) is 15.2. The lowest BCUT2D eigenvalue weighted by Gasteiger charge is -2.04. The Kier molecular flexibility index (Phi) is 5.24. The van der Waals surface area contributed by atoms with E-state index in [-0.39, 0.29) is 11.7 Å². The van der Waals surface area contributed by atoms with Gasteiger partial charge in [0, 0.05) is 17.1 Å². The van der Waals surface area contributed by atoms with Crippen molar-refractivity contribution in [2.24, 2.45) is 0 Å². The quantitative estimate of drug-likeness (QED) is 0.480. The van der Waals surface area contributed by atoms with Gasteiger partial charge in [0.15, 0.2) is 5.82 Å². The highest BCUT2D eigenvalue weighted by atomic mass is 35.5. The molecule has 0 atom stereocenters. The fourth-order valence-electron chi connectivity index (χ4n) is 1.54. The van der Waals surface area contributed by atoms with Gasteiger partial charge in [0.05, 0.1) is 5.75 Å². The molecule has 3 N–H and O–H groups in total. The summed E-state index contributed by atoms with van der Waals surface area (Å²) in [5.74, 6) is 6.56. The summed E-state index contributed by atoms with van der Waals surface area (Å²) in [7, 11) is 0. The molecule has 21 heavy (non-hydrogen) atoms. The van der Waals surface area contributed by atoms with Gasteiger partial charge in [0.2, 0.25) is 11.1 Å². The first-order valence-electron chi connectivity index (χ1n) is 6.08. The number of carbonyl (C=O) groups excluding carboxylic acids is 1. The molecule has 6 nitrogen and oxygen atoms in total. The van der Waals surface area contributed by atoms with Crippen LogP contribution in [0, 0.1) is 0 Å². The topological polar surface area (TPSA) is 85.8 Å². The molecular formula is C13H14ClN5OS. The molecule has 2 rings (SSSR count). The minimum Gasteiger partial charge on any atom is -0.352 e. The van der Waals surface area contributed by atoms with Crippen LogP contribution in [0.25, 0.3) is 11.4 Å². The van der Waals surface area contributed by atoms with Crippen molar-refractivity contribution in [1.29, 1.82) is 0 Å². The molecule has 0 saturated heterocycles. The number of aromatic nitrogens is 3. The molecule has 1 aromatic carbocycles. The number of benzene rings is 1. The van der Waals surface area contributed by atoms with E-state index in [2.05, 4.69) is 22.1 Å². The van der Waals surface area contributed by atoms with Gasteiger partial charge in [-0.15, -0.1) is 16.8 Å². The molecular weight excluding hydrogens is 310 g/mol. The summed E-state index contributed by atoms with van der Waals surface area (Å²) in [6.07, 6.45) is 1.62.